The van der Waals surface area contributed by atoms with E-state index in [-0.39, 0.29) is 12.3 Å². The summed E-state index contributed by atoms with van der Waals surface area (Å²) in [5.41, 5.74) is 5.36. The Morgan fingerprint density at radius 2 is 2.22 bits per heavy atom. The van der Waals surface area contributed by atoms with Crippen molar-refractivity contribution >= 4 is 17.9 Å². The summed E-state index contributed by atoms with van der Waals surface area (Å²) in [6.45, 7) is -0.236. The first-order valence-corrected chi connectivity index (χ1v) is 5.10. The molecule has 5 nitrogen and oxygen atoms in total. The van der Waals surface area contributed by atoms with Crippen LogP contribution in [0.4, 0.5) is 4.39 Å². The van der Waals surface area contributed by atoms with Gasteiger partial charge in [0.25, 0.3) is 0 Å². The number of amides is 2. The van der Waals surface area contributed by atoms with E-state index in [1.807, 2.05) is 0 Å². The molecule has 3 N–H and O–H groups in total. The lowest BCUT2D eigenvalue weighted by Crippen LogP contribution is -2.32. The van der Waals surface area contributed by atoms with Crippen molar-refractivity contribution in [3.05, 3.63) is 35.7 Å². The minimum absolute atomic E-state index is 0.130. The van der Waals surface area contributed by atoms with Crippen LogP contribution in [0.1, 0.15) is 5.56 Å². The first-order chi connectivity index (χ1) is 8.52. The van der Waals surface area contributed by atoms with Crippen LogP contribution < -0.4 is 15.8 Å². The first kappa shape index (κ1) is 13.7. The van der Waals surface area contributed by atoms with E-state index in [0.717, 1.165) is 0 Å². The molecule has 1 aromatic carbocycles. The molecule has 0 saturated carbocycles. The number of primary amides is 1. The Balaban J connectivity index is 2.64. The smallest absolute Gasteiger partial charge is 0.244 e. The van der Waals surface area contributed by atoms with Gasteiger partial charge in [0.2, 0.25) is 11.8 Å². The van der Waals surface area contributed by atoms with E-state index in [0.29, 0.717) is 5.56 Å². The molecule has 0 spiro atoms. The minimum Gasteiger partial charge on any atom is -0.494 e. The Morgan fingerprint density at radius 3 is 2.78 bits per heavy atom. The fourth-order valence-corrected chi connectivity index (χ4v) is 1.19. The lowest BCUT2D eigenvalue weighted by Gasteiger charge is -2.02. The van der Waals surface area contributed by atoms with Crippen LogP contribution in [0, 0.1) is 5.82 Å². The van der Waals surface area contributed by atoms with Gasteiger partial charge in [0.15, 0.2) is 11.6 Å². The molecule has 0 unspecified atom stereocenters. The van der Waals surface area contributed by atoms with Gasteiger partial charge in [0, 0.05) is 6.08 Å². The number of halogens is 1. The van der Waals surface area contributed by atoms with Crippen LogP contribution in [0.3, 0.4) is 0 Å². The van der Waals surface area contributed by atoms with E-state index in [9.17, 15) is 14.0 Å². The molecule has 96 valence electrons. The maximum Gasteiger partial charge on any atom is 0.244 e. The van der Waals surface area contributed by atoms with Crippen LogP contribution in [-0.4, -0.2) is 25.5 Å². The van der Waals surface area contributed by atoms with Crippen LogP contribution in [0.25, 0.3) is 6.08 Å². The highest BCUT2D eigenvalue weighted by atomic mass is 19.1. The number of carbonyl (C=O) groups is 2. The van der Waals surface area contributed by atoms with Gasteiger partial charge in [-0.15, -0.1) is 0 Å². The van der Waals surface area contributed by atoms with Crippen molar-refractivity contribution in [3.63, 3.8) is 0 Å². The molecule has 0 aliphatic heterocycles. The lowest BCUT2D eigenvalue weighted by atomic mass is 10.2. The van der Waals surface area contributed by atoms with Gasteiger partial charge in [-0.1, -0.05) is 6.07 Å². The van der Waals surface area contributed by atoms with Crippen molar-refractivity contribution in [2.75, 3.05) is 13.7 Å². The van der Waals surface area contributed by atoms with Gasteiger partial charge in [-0.05, 0) is 23.8 Å². The SMILES string of the molecule is COc1ccc(/C=C/C(=O)NCC(N)=O)cc1F. The van der Waals surface area contributed by atoms with Crippen LogP contribution in [0.2, 0.25) is 0 Å². The fourth-order valence-electron chi connectivity index (χ4n) is 1.19. The van der Waals surface area contributed by atoms with Gasteiger partial charge >= 0.3 is 0 Å². The number of ether oxygens (including phenoxy) is 1. The molecule has 0 fully saturated rings. The molecule has 0 atom stereocenters. The summed E-state index contributed by atoms with van der Waals surface area (Å²) in [5.74, 6) is -1.50. The van der Waals surface area contributed by atoms with Crippen molar-refractivity contribution in [3.8, 4) is 5.75 Å². The van der Waals surface area contributed by atoms with Gasteiger partial charge < -0.3 is 15.8 Å². The average molecular weight is 252 g/mol. The van der Waals surface area contributed by atoms with E-state index in [1.54, 1.807) is 6.07 Å². The van der Waals surface area contributed by atoms with E-state index in [4.69, 9.17) is 10.5 Å². The number of nitrogens with two attached hydrogens (primary N) is 1. The van der Waals surface area contributed by atoms with Crippen molar-refractivity contribution in [2.24, 2.45) is 5.73 Å². The van der Waals surface area contributed by atoms with Crippen LogP contribution >= 0.6 is 0 Å². The van der Waals surface area contributed by atoms with Gasteiger partial charge in [-0.3, -0.25) is 9.59 Å². The molecule has 0 aromatic heterocycles. The van der Waals surface area contributed by atoms with Crippen LogP contribution in [-0.2, 0) is 9.59 Å². The third kappa shape index (κ3) is 4.25. The third-order valence-corrected chi connectivity index (χ3v) is 2.04. The van der Waals surface area contributed by atoms with Gasteiger partial charge in [-0.2, -0.15) is 0 Å². The number of benzene rings is 1. The highest BCUT2D eigenvalue weighted by Gasteiger charge is 2.02. The zero-order valence-corrected chi connectivity index (χ0v) is 9.77. The summed E-state index contributed by atoms with van der Waals surface area (Å²) in [5, 5.41) is 2.27. The molecule has 0 radical (unpaired) electrons. The quantitative estimate of drug-likeness (QED) is 0.746. The van der Waals surface area contributed by atoms with E-state index in [1.165, 1.54) is 31.4 Å². The van der Waals surface area contributed by atoms with Crippen molar-refractivity contribution < 1.29 is 18.7 Å². The Labute approximate surface area is 103 Å². The second-order valence-electron chi connectivity index (χ2n) is 3.41. The maximum atomic E-state index is 13.3. The second-order valence-corrected chi connectivity index (χ2v) is 3.41. The topological polar surface area (TPSA) is 81.4 Å². The predicted octanol–water partition coefficient (Wildman–Crippen LogP) is 0.449. The zero-order valence-electron chi connectivity index (χ0n) is 9.77. The number of hydrogen-bond donors (Lipinski definition) is 2. The van der Waals surface area contributed by atoms with E-state index >= 15 is 0 Å². The molecule has 2 amide bonds. The summed E-state index contributed by atoms with van der Waals surface area (Å²) in [7, 11) is 1.37. The Bertz CT molecular complexity index is 486. The fraction of sp³-hybridized carbons (Fsp3) is 0.167. The van der Waals surface area contributed by atoms with Gasteiger partial charge in [0.05, 0.1) is 13.7 Å². The van der Waals surface area contributed by atoms with E-state index < -0.39 is 17.6 Å². The van der Waals surface area contributed by atoms with Crippen molar-refractivity contribution in [2.45, 2.75) is 0 Å². The number of hydrogen-bond acceptors (Lipinski definition) is 3. The highest BCUT2D eigenvalue weighted by Crippen LogP contribution is 2.18. The van der Waals surface area contributed by atoms with Crippen LogP contribution in [0.15, 0.2) is 24.3 Å². The predicted molar refractivity (Wildman–Crippen MR) is 64.2 cm³/mol. The molecule has 0 aliphatic carbocycles. The molecule has 1 rings (SSSR count). The summed E-state index contributed by atoms with van der Waals surface area (Å²) in [6, 6.07) is 4.28. The number of methoxy groups -OCH3 is 1. The van der Waals surface area contributed by atoms with Gasteiger partial charge in [-0.25, -0.2) is 4.39 Å². The Hall–Kier alpha value is -2.37. The molecule has 6 heteroatoms. The second kappa shape index (κ2) is 6.39. The lowest BCUT2D eigenvalue weighted by molar-refractivity contribution is -0.122. The summed E-state index contributed by atoms with van der Waals surface area (Å²) in [4.78, 5) is 21.6. The summed E-state index contributed by atoms with van der Waals surface area (Å²) in [6.07, 6.45) is 2.60. The molecular weight excluding hydrogens is 239 g/mol. The number of rotatable bonds is 5. The maximum absolute atomic E-state index is 13.3. The van der Waals surface area contributed by atoms with Gasteiger partial charge in [0.1, 0.15) is 0 Å². The molecule has 0 aliphatic rings. The van der Waals surface area contributed by atoms with Crippen LogP contribution in [0.5, 0.6) is 5.75 Å². The van der Waals surface area contributed by atoms with Crippen molar-refractivity contribution in [1.82, 2.24) is 5.32 Å². The zero-order chi connectivity index (χ0) is 13.5. The summed E-state index contributed by atoms with van der Waals surface area (Å²) < 4.78 is 18.1. The molecule has 0 heterocycles. The molecular formula is C12H13FN2O3. The average Bonchev–Trinajstić information content (AvgIpc) is 2.34. The normalized spacial score (nSPS) is 10.3. The number of nitrogens with one attached hydrogen (secondary N) is 1. The monoisotopic (exact) mass is 252 g/mol. The minimum atomic E-state index is -0.632. The molecule has 18 heavy (non-hydrogen) atoms. The molecule has 0 saturated heterocycles. The number of carbonyl (C=O) groups excluding carboxylic acids is 2. The molecule has 0 bridgehead atoms. The Morgan fingerprint density at radius 1 is 1.50 bits per heavy atom. The largest absolute Gasteiger partial charge is 0.494 e. The standard InChI is InChI=1S/C12H13FN2O3/c1-18-10-4-2-8(6-9(10)13)3-5-12(17)15-7-11(14)16/h2-6H,7H2,1H3,(H2,14,16)(H,15,17)/b5-3+. The first-order valence-electron chi connectivity index (χ1n) is 5.10. The van der Waals surface area contributed by atoms with E-state index in [2.05, 4.69) is 5.32 Å². The molecule has 1 aromatic rings. The summed E-state index contributed by atoms with van der Waals surface area (Å²) >= 11 is 0. The van der Waals surface area contributed by atoms with Crippen molar-refractivity contribution in [1.29, 1.82) is 0 Å². The third-order valence-electron chi connectivity index (χ3n) is 2.04. The Kier molecular flexibility index (Phi) is 4.86. The highest BCUT2D eigenvalue weighted by molar-refractivity contribution is 5.94.